The summed E-state index contributed by atoms with van der Waals surface area (Å²) in [6, 6.07) is 10.6. The Labute approximate surface area is 108 Å². The first-order valence-corrected chi connectivity index (χ1v) is 5.80. The Morgan fingerprint density at radius 1 is 0.895 bits per heavy atom. The molecule has 0 radical (unpaired) electrons. The molecule has 2 aromatic carbocycles. The van der Waals surface area contributed by atoms with E-state index in [0.717, 1.165) is 16.7 Å². The average Bonchev–Trinajstić information content (AvgIpc) is 2.75. The molecule has 19 heavy (non-hydrogen) atoms. The van der Waals surface area contributed by atoms with Gasteiger partial charge in [0.25, 0.3) is 0 Å². The molecule has 1 aliphatic carbocycles. The molecule has 4 heteroatoms. The predicted octanol–water partition coefficient (Wildman–Crippen LogP) is 2.65. The van der Waals surface area contributed by atoms with Gasteiger partial charge in [-0.1, -0.05) is 30.3 Å². The van der Waals surface area contributed by atoms with E-state index in [2.05, 4.69) is 0 Å². The highest BCUT2D eigenvalue weighted by Crippen LogP contribution is 2.40. The van der Waals surface area contributed by atoms with Gasteiger partial charge in [0, 0.05) is 5.56 Å². The number of hydrogen-bond acceptors (Lipinski definition) is 2. The summed E-state index contributed by atoms with van der Waals surface area (Å²) in [6.07, 6.45) is 0.645. The van der Waals surface area contributed by atoms with Crippen molar-refractivity contribution in [2.45, 2.75) is 6.42 Å². The fourth-order valence-electron chi connectivity index (χ4n) is 2.62. The minimum absolute atomic E-state index is 0.116. The van der Waals surface area contributed by atoms with Crippen LogP contribution in [0.2, 0.25) is 0 Å². The number of carboxylic acid groups (broad SMARTS) is 2. The van der Waals surface area contributed by atoms with Gasteiger partial charge in [0.1, 0.15) is 0 Å². The molecule has 0 fully saturated rings. The van der Waals surface area contributed by atoms with E-state index in [-0.39, 0.29) is 11.1 Å². The summed E-state index contributed by atoms with van der Waals surface area (Å²) in [5, 5.41) is 18.5. The van der Waals surface area contributed by atoms with E-state index in [1.54, 1.807) is 6.07 Å². The lowest BCUT2D eigenvalue weighted by Gasteiger charge is -2.09. The van der Waals surface area contributed by atoms with Crippen molar-refractivity contribution in [2.24, 2.45) is 0 Å². The highest BCUT2D eigenvalue weighted by molar-refractivity contribution is 6.08. The topological polar surface area (TPSA) is 74.6 Å². The van der Waals surface area contributed by atoms with Gasteiger partial charge < -0.3 is 10.2 Å². The Morgan fingerprint density at radius 2 is 1.63 bits per heavy atom. The zero-order valence-electron chi connectivity index (χ0n) is 9.88. The van der Waals surface area contributed by atoms with E-state index >= 15 is 0 Å². The van der Waals surface area contributed by atoms with Gasteiger partial charge in [0.05, 0.1) is 11.1 Å². The molecule has 0 amide bonds. The van der Waals surface area contributed by atoms with E-state index in [4.69, 9.17) is 5.11 Å². The second-order valence-corrected chi connectivity index (χ2v) is 4.47. The van der Waals surface area contributed by atoms with Crippen LogP contribution in [-0.4, -0.2) is 22.2 Å². The lowest BCUT2D eigenvalue weighted by atomic mass is 9.95. The monoisotopic (exact) mass is 254 g/mol. The van der Waals surface area contributed by atoms with Crippen molar-refractivity contribution >= 4 is 11.9 Å². The molecule has 0 bridgehead atoms. The molecule has 2 aromatic rings. The van der Waals surface area contributed by atoms with Gasteiger partial charge in [-0.2, -0.15) is 0 Å². The van der Waals surface area contributed by atoms with Gasteiger partial charge in [-0.05, 0) is 29.2 Å². The Bertz CT molecular complexity index is 716. The zero-order valence-corrected chi connectivity index (χ0v) is 9.88. The summed E-state index contributed by atoms with van der Waals surface area (Å²) < 4.78 is 0. The van der Waals surface area contributed by atoms with Crippen molar-refractivity contribution in [3.63, 3.8) is 0 Å². The molecule has 94 valence electrons. The minimum Gasteiger partial charge on any atom is -0.478 e. The summed E-state index contributed by atoms with van der Waals surface area (Å²) in [5.41, 5.74) is 2.98. The molecule has 0 atom stereocenters. The standard InChI is InChI=1S/C15H10O4/c16-14(17)11-6-5-9-7-8-3-1-2-4-10(8)12(9)13(11)15(18)19/h1-6H,7H2,(H,16,17)(H,18,19). The molecule has 0 saturated heterocycles. The van der Waals surface area contributed by atoms with Crippen LogP contribution in [0.15, 0.2) is 36.4 Å². The smallest absolute Gasteiger partial charge is 0.337 e. The van der Waals surface area contributed by atoms with E-state index in [9.17, 15) is 14.7 Å². The first-order chi connectivity index (χ1) is 9.09. The van der Waals surface area contributed by atoms with E-state index in [1.807, 2.05) is 24.3 Å². The summed E-state index contributed by atoms with van der Waals surface area (Å²) in [4.78, 5) is 22.6. The molecular weight excluding hydrogens is 244 g/mol. The minimum atomic E-state index is -1.22. The Hall–Kier alpha value is -2.62. The van der Waals surface area contributed by atoms with Crippen molar-refractivity contribution in [3.8, 4) is 11.1 Å². The quantitative estimate of drug-likeness (QED) is 0.737. The summed E-state index contributed by atoms with van der Waals surface area (Å²) in [5.74, 6) is -2.42. The van der Waals surface area contributed by atoms with Gasteiger partial charge in [-0.3, -0.25) is 0 Å². The summed E-state index contributed by atoms with van der Waals surface area (Å²) >= 11 is 0. The van der Waals surface area contributed by atoms with Gasteiger partial charge in [0.2, 0.25) is 0 Å². The van der Waals surface area contributed by atoms with E-state index in [0.29, 0.717) is 12.0 Å². The van der Waals surface area contributed by atoms with Crippen LogP contribution in [0.1, 0.15) is 31.8 Å². The maximum atomic E-state index is 11.4. The highest BCUT2D eigenvalue weighted by atomic mass is 16.4. The van der Waals surface area contributed by atoms with Gasteiger partial charge >= 0.3 is 11.9 Å². The number of carboxylic acids is 2. The molecule has 4 nitrogen and oxygen atoms in total. The maximum Gasteiger partial charge on any atom is 0.337 e. The number of carbonyl (C=O) groups is 2. The predicted molar refractivity (Wildman–Crippen MR) is 68.6 cm³/mol. The van der Waals surface area contributed by atoms with E-state index in [1.165, 1.54) is 6.07 Å². The van der Waals surface area contributed by atoms with E-state index < -0.39 is 11.9 Å². The van der Waals surface area contributed by atoms with Crippen molar-refractivity contribution in [1.29, 1.82) is 0 Å². The molecule has 0 unspecified atom stereocenters. The second-order valence-electron chi connectivity index (χ2n) is 4.47. The number of benzene rings is 2. The lowest BCUT2D eigenvalue weighted by Crippen LogP contribution is -2.10. The van der Waals surface area contributed by atoms with Crippen LogP contribution in [0.3, 0.4) is 0 Å². The maximum absolute atomic E-state index is 11.4. The first-order valence-electron chi connectivity index (χ1n) is 5.80. The van der Waals surface area contributed by atoms with Crippen LogP contribution in [0.4, 0.5) is 0 Å². The largest absolute Gasteiger partial charge is 0.478 e. The number of aromatic carboxylic acids is 2. The van der Waals surface area contributed by atoms with Crippen molar-refractivity contribution < 1.29 is 19.8 Å². The highest BCUT2D eigenvalue weighted by Gasteiger charge is 2.28. The average molecular weight is 254 g/mol. The molecule has 3 rings (SSSR count). The Morgan fingerprint density at radius 3 is 2.32 bits per heavy atom. The van der Waals surface area contributed by atoms with Crippen molar-refractivity contribution in [2.75, 3.05) is 0 Å². The number of hydrogen-bond donors (Lipinski definition) is 2. The normalized spacial score (nSPS) is 11.8. The molecule has 0 heterocycles. The van der Waals surface area contributed by atoms with Crippen LogP contribution in [-0.2, 0) is 6.42 Å². The van der Waals surface area contributed by atoms with Crippen LogP contribution in [0.5, 0.6) is 0 Å². The molecule has 1 aliphatic rings. The van der Waals surface area contributed by atoms with Gasteiger partial charge in [0.15, 0.2) is 0 Å². The lowest BCUT2D eigenvalue weighted by molar-refractivity contribution is 0.0652. The van der Waals surface area contributed by atoms with Gasteiger partial charge in [-0.25, -0.2) is 9.59 Å². The van der Waals surface area contributed by atoms with Crippen LogP contribution >= 0.6 is 0 Å². The molecular formula is C15H10O4. The van der Waals surface area contributed by atoms with Crippen molar-refractivity contribution in [1.82, 2.24) is 0 Å². The Kier molecular flexibility index (Phi) is 2.38. The third-order valence-corrected chi connectivity index (χ3v) is 3.40. The number of fused-ring (bicyclic) bond motifs is 3. The third-order valence-electron chi connectivity index (χ3n) is 3.40. The molecule has 0 aliphatic heterocycles. The first kappa shape index (κ1) is 11.5. The third kappa shape index (κ3) is 1.61. The van der Waals surface area contributed by atoms with Crippen LogP contribution in [0.25, 0.3) is 11.1 Å². The molecule has 0 saturated carbocycles. The van der Waals surface area contributed by atoms with Crippen LogP contribution in [0, 0.1) is 0 Å². The molecule has 0 aromatic heterocycles. The molecule has 0 spiro atoms. The zero-order chi connectivity index (χ0) is 13.6. The second kappa shape index (κ2) is 3.95. The summed E-state index contributed by atoms with van der Waals surface area (Å²) in [6.45, 7) is 0. The van der Waals surface area contributed by atoms with Gasteiger partial charge in [-0.15, -0.1) is 0 Å². The van der Waals surface area contributed by atoms with Crippen LogP contribution < -0.4 is 0 Å². The molecule has 2 N–H and O–H groups in total. The fraction of sp³-hybridized carbons (Fsp3) is 0.0667. The van der Waals surface area contributed by atoms with Crippen molar-refractivity contribution in [3.05, 3.63) is 58.7 Å². The fourth-order valence-corrected chi connectivity index (χ4v) is 2.62. The Balaban J connectivity index is 2.38. The number of rotatable bonds is 2. The SMILES string of the molecule is O=C(O)c1ccc2c(c1C(=O)O)-c1ccccc1C2. The summed E-state index contributed by atoms with van der Waals surface area (Å²) in [7, 11) is 0.